The smallest absolute Gasteiger partial charge is 0.0626 e. The largest absolute Gasteiger partial charge is 0.309 e. The molecule has 0 unspecified atom stereocenters. The molecule has 1 aliphatic carbocycles. The zero-order valence-electron chi connectivity index (χ0n) is 24.0. The molecule has 0 bridgehead atoms. The number of fused-ring (bicyclic) bond motifs is 11. The average Bonchev–Trinajstić information content (AvgIpc) is 3.58. The van der Waals surface area contributed by atoms with Gasteiger partial charge in [0, 0.05) is 47.6 Å². The van der Waals surface area contributed by atoms with Crippen molar-refractivity contribution in [3.05, 3.63) is 139 Å². The van der Waals surface area contributed by atoms with Crippen LogP contribution < -0.4 is 0 Å². The molecule has 43 heavy (non-hydrogen) atoms. The Morgan fingerprint density at radius 1 is 0.535 bits per heavy atom. The number of rotatable bonds is 1. The molecule has 0 amide bonds. The van der Waals surface area contributed by atoms with Crippen molar-refractivity contribution in [1.29, 1.82) is 0 Å². The van der Waals surface area contributed by atoms with Crippen LogP contribution in [0.1, 0.15) is 25.0 Å². The molecule has 1 aliphatic rings. The standard InChI is InChI=1S/C41H27NS/c1-41(2)32-15-7-5-14-29(32)39-37-25(11-9-16-33(37)41)22-31-38-27-12-4-3-10-24(27)18-20-34(38)42(40(31)39)26-19-21-36-30(23-26)28-13-6-8-17-35(28)43-36/h3-23H,1-2H3. The molecule has 0 atom stereocenters. The fraction of sp³-hybridized carbons (Fsp3) is 0.0732. The van der Waals surface area contributed by atoms with Gasteiger partial charge in [0.05, 0.1) is 11.0 Å². The minimum atomic E-state index is -0.0885. The van der Waals surface area contributed by atoms with Crippen LogP contribution in [0.15, 0.2) is 127 Å². The van der Waals surface area contributed by atoms with Crippen LogP contribution >= 0.6 is 11.3 Å². The molecule has 0 spiro atoms. The molecule has 2 heterocycles. The van der Waals surface area contributed by atoms with Crippen LogP contribution in [0.4, 0.5) is 0 Å². The monoisotopic (exact) mass is 565 g/mol. The maximum Gasteiger partial charge on any atom is 0.0626 e. The number of hydrogen-bond acceptors (Lipinski definition) is 1. The Balaban J connectivity index is 1.48. The lowest BCUT2D eigenvalue weighted by atomic mass is 9.68. The Morgan fingerprint density at radius 3 is 2.21 bits per heavy atom. The molecule has 2 heteroatoms. The third-order valence-electron chi connectivity index (χ3n) is 9.94. The molecule has 202 valence electrons. The van der Waals surface area contributed by atoms with E-state index in [9.17, 15) is 0 Å². The highest BCUT2D eigenvalue weighted by molar-refractivity contribution is 7.25. The van der Waals surface area contributed by atoms with E-state index in [-0.39, 0.29) is 5.41 Å². The van der Waals surface area contributed by atoms with Gasteiger partial charge in [-0.2, -0.15) is 0 Å². The highest BCUT2D eigenvalue weighted by Crippen LogP contribution is 2.53. The summed E-state index contributed by atoms with van der Waals surface area (Å²) in [5.41, 5.74) is 9.17. The fourth-order valence-electron chi connectivity index (χ4n) is 8.01. The number of thiophene rings is 1. The summed E-state index contributed by atoms with van der Waals surface area (Å²) in [6.07, 6.45) is 0. The fourth-order valence-corrected chi connectivity index (χ4v) is 9.10. The van der Waals surface area contributed by atoms with Gasteiger partial charge in [-0.15, -0.1) is 11.3 Å². The lowest BCUT2D eigenvalue weighted by Gasteiger charge is -2.35. The summed E-state index contributed by atoms with van der Waals surface area (Å²) in [5, 5.41) is 10.6. The molecule has 0 saturated heterocycles. The van der Waals surface area contributed by atoms with Crippen LogP contribution in [0.2, 0.25) is 0 Å². The SMILES string of the molecule is CC1(C)c2ccccc2-c2c3c1cccc3cc1c3c4ccccc4ccc3n(-c3ccc4sc5ccccc5c4c3)c21. The lowest BCUT2D eigenvalue weighted by molar-refractivity contribution is 0.645. The van der Waals surface area contributed by atoms with Crippen LogP contribution in [-0.2, 0) is 5.41 Å². The first-order valence-electron chi connectivity index (χ1n) is 15.0. The van der Waals surface area contributed by atoms with Crippen molar-refractivity contribution in [3.63, 3.8) is 0 Å². The Kier molecular flexibility index (Phi) is 4.46. The normalized spacial score (nSPS) is 14.0. The summed E-state index contributed by atoms with van der Waals surface area (Å²) < 4.78 is 5.23. The molecular weight excluding hydrogens is 539 g/mol. The Hall–Kier alpha value is -4.92. The molecule has 10 rings (SSSR count). The van der Waals surface area contributed by atoms with E-state index in [2.05, 4.69) is 146 Å². The van der Waals surface area contributed by atoms with Gasteiger partial charge in [-0.25, -0.2) is 0 Å². The third kappa shape index (κ3) is 2.96. The Labute approximate surface area is 253 Å². The molecular formula is C41H27NS. The van der Waals surface area contributed by atoms with Gasteiger partial charge in [-0.3, -0.25) is 0 Å². The van der Waals surface area contributed by atoms with Gasteiger partial charge < -0.3 is 4.57 Å². The number of benzene rings is 7. The van der Waals surface area contributed by atoms with Crippen molar-refractivity contribution in [3.8, 4) is 16.8 Å². The molecule has 0 radical (unpaired) electrons. The van der Waals surface area contributed by atoms with E-state index in [0.717, 1.165) is 0 Å². The van der Waals surface area contributed by atoms with Crippen LogP contribution in [0.25, 0.3) is 80.3 Å². The van der Waals surface area contributed by atoms with E-state index in [4.69, 9.17) is 0 Å². The minimum absolute atomic E-state index is 0.0885. The molecule has 2 aromatic heterocycles. The van der Waals surface area contributed by atoms with Crippen LogP contribution in [0.5, 0.6) is 0 Å². The molecule has 7 aromatic carbocycles. The molecule has 1 nitrogen and oxygen atoms in total. The maximum atomic E-state index is 2.56. The summed E-state index contributed by atoms with van der Waals surface area (Å²) >= 11 is 1.88. The van der Waals surface area contributed by atoms with E-state index in [0.29, 0.717) is 0 Å². The molecule has 0 fully saturated rings. The van der Waals surface area contributed by atoms with Crippen molar-refractivity contribution in [2.24, 2.45) is 0 Å². The minimum Gasteiger partial charge on any atom is -0.309 e. The highest BCUT2D eigenvalue weighted by atomic mass is 32.1. The van der Waals surface area contributed by atoms with Gasteiger partial charge in [-0.1, -0.05) is 105 Å². The summed E-state index contributed by atoms with van der Waals surface area (Å²) in [6.45, 7) is 4.76. The van der Waals surface area contributed by atoms with Crippen LogP contribution in [0.3, 0.4) is 0 Å². The van der Waals surface area contributed by atoms with E-state index in [1.54, 1.807) is 0 Å². The first-order valence-corrected chi connectivity index (χ1v) is 15.8. The predicted octanol–water partition coefficient (Wildman–Crippen LogP) is 11.8. The molecule has 0 aliphatic heterocycles. The number of hydrogen-bond donors (Lipinski definition) is 0. The molecule has 0 N–H and O–H groups in total. The number of aromatic nitrogens is 1. The highest BCUT2D eigenvalue weighted by Gasteiger charge is 2.35. The van der Waals surface area contributed by atoms with Gasteiger partial charge in [0.25, 0.3) is 0 Å². The molecule has 0 saturated carbocycles. The van der Waals surface area contributed by atoms with E-state index in [1.165, 1.54) is 91.5 Å². The lowest BCUT2D eigenvalue weighted by Crippen LogP contribution is -2.23. The van der Waals surface area contributed by atoms with Gasteiger partial charge in [0.1, 0.15) is 0 Å². The summed E-state index contributed by atoms with van der Waals surface area (Å²) in [5.74, 6) is 0. The Bertz CT molecular complexity index is 2650. The van der Waals surface area contributed by atoms with Crippen LogP contribution in [-0.4, -0.2) is 4.57 Å². The summed E-state index contributed by atoms with van der Waals surface area (Å²) in [6, 6.07) is 47.8. The van der Waals surface area contributed by atoms with E-state index >= 15 is 0 Å². The van der Waals surface area contributed by atoms with Crippen molar-refractivity contribution < 1.29 is 0 Å². The second-order valence-electron chi connectivity index (χ2n) is 12.5. The topological polar surface area (TPSA) is 4.93 Å². The van der Waals surface area contributed by atoms with Crippen molar-refractivity contribution in [2.75, 3.05) is 0 Å². The number of nitrogens with zero attached hydrogens (tertiary/aromatic N) is 1. The maximum absolute atomic E-state index is 2.56. The zero-order valence-corrected chi connectivity index (χ0v) is 24.8. The van der Waals surface area contributed by atoms with Crippen molar-refractivity contribution >= 4 is 74.9 Å². The van der Waals surface area contributed by atoms with Crippen molar-refractivity contribution in [2.45, 2.75) is 19.3 Å². The summed E-state index contributed by atoms with van der Waals surface area (Å²) in [7, 11) is 0. The first-order chi connectivity index (χ1) is 21.1. The van der Waals surface area contributed by atoms with E-state index in [1.807, 2.05) is 11.3 Å². The van der Waals surface area contributed by atoms with Gasteiger partial charge >= 0.3 is 0 Å². The predicted molar refractivity (Wildman–Crippen MR) is 186 cm³/mol. The average molecular weight is 566 g/mol. The van der Waals surface area contributed by atoms with Gasteiger partial charge in [0.2, 0.25) is 0 Å². The van der Waals surface area contributed by atoms with Gasteiger partial charge in [0.15, 0.2) is 0 Å². The molecule has 9 aromatic rings. The van der Waals surface area contributed by atoms with Crippen LogP contribution in [0, 0.1) is 0 Å². The third-order valence-corrected chi connectivity index (χ3v) is 11.1. The van der Waals surface area contributed by atoms with E-state index < -0.39 is 0 Å². The van der Waals surface area contributed by atoms with Crippen molar-refractivity contribution in [1.82, 2.24) is 4.57 Å². The zero-order chi connectivity index (χ0) is 28.4. The second-order valence-corrected chi connectivity index (χ2v) is 13.6. The quantitative estimate of drug-likeness (QED) is 0.187. The summed E-state index contributed by atoms with van der Waals surface area (Å²) in [4.78, 5) is 0. The second kappa shape index (κ2) is 8.12. The first kappa shape index (κ1) is 23.6. The Morgan fingerprint density at radius 2 is 1.28 bits per heavy atom. The van der Waals surface area contributed by atoms with Gasteiger partial charge in [-0.05, 0) is 74.6 Å².